The van der Waals surface area contributed by atoms with Gasteiger partial charge < -0.3 is 5.11 Å². The van der Waals surface area contributed by atoms with Gasteiger partial charge in [-0.15, -0.1) is 0 Å². The summed E-state index contributed by atoms with van der Waals surface area (Å²) in [7, 11) is 0. The van der Waals surface area contributed by atoms with Gasteiger partial charge in [0.15, 0.2) is 0 Å². The third-order valence-corrected chi connectivity index (χ3v) is 2.34. The largest absolute Gasteiger partial charge is 0.388 e. The maximum Gasteiger partial charge on any atom is 0.0790 e. The van der Waals surface area contributed by atoms with E-state index in [4.69, 9.17) is 0 Å². The highest BCUT2D eigenvalue weighted by Gasteiger charge is 2.20. The molecule has 0 unspecified atom stereocenters. The van der Waals surface area contributed by atoms with Crippen LogP contribution in [0, 0.1) is 11.8 Å². The molecule has 1 aliphatic rings. The Bertz CT molecular complexity index is 179. The zero-order valence-corrected chi connectivity index (χ0v) is 7.25. The van der Waals surface area contributed by atoms with Gasteiger partial charge in [0, 0.05) is 0 Å². The number of rotatable bonds is 1. The number of hydrogen-bond acceptors (Lipinski definition) is 1. The minimum absolute atomic E-state index is 0.313. The zero-order chi connectivity index (χ0) is 8.43. The Kier molecular flexibility index (Phi) is 2.50. The normalized spacial score (nSPS) is 31.5. The molecule has 0 bridgehead atoms. The highest BCUT2D eigenvalue weighted by molar-refractivity contribution is 5.23. The molecule has 2 atom stereocenters. The number of allylic oxidation sites excluding steroid dienone is 1. The van der Waals surface area contributed by atoms with Gasteiger partial charge >= 0.3 is 0 Å². The second-order valence-corrected chi connectivity index (χ2v) is 3.59. The van der Waals surface area contributed by atoms with Crippen LogP contribution in [0.4, 0.5) is 0 Å². The van der Waals surface area contributed by atoms with Crippen LogP contribution in [0.2, 0.25) is 0 Å². The number of aliphatic hydroxyl groups is 1. The van der Waals surface area contributed by atoms with Crippen molar-refractivity contribution < 1.29 is 5.11 Å². The predicted molar refractivity (Wildman–Crippen MR) is 47.2 cm³/mol. The van der Waals surface area contributed by atoms with Crippen molar-refractivity contribution in [1.82, 2.24) is 0 Å². The third-order valence-electron chi connectivity index (χ3n) is 2.34. The Morgan fingerprint density at radius 3 is 2.73 bits per heavy atom. The van der Waals surface area contributed by atoms with Crippen LogP contribution < -0.4 is 0 Å². The fraction of sp³-hybridized carbons (Fsp3) is 0.600. The van der Waals surface area contributed by atoms with Crippen LogP contribution in [0.25, 0.3) is 0 Å². The van der Waals surface area contributed by atoms with Crippen LogP contribution in [0.5, 0.6) is 0 Å². The Morgan fingerprint density at radius 2 is 2.27 bits per heavy atom. The molecule has 1 heteroatoms. The Balaban J connectivity index is 2.63. The second kappa shape index (κ2) is 3.22. The first-order valence-corrected chi connectivity index (χ1v) is 4.16. The van der Waals surface area contributed by atoms with E-state index in [1.165, 1.54) is 0 Å². The van der Waals surface area contributed by atoms with Crippen molar-refractivity contribution in [2.45, 2.75) is 26.4 Å². The minimum Gasteiger partial charge on any atom is -0.388 e. The van der Waals surface area contributed by atoms with Crippen molar-refractivity contribution in [2.24, 2.45) is 11.8 Å². The molecular weight excluding hydrogens is 136 g/mol. The Morgan fingerprint density at radius 1 is 1.64 bits per heavy atom. The van der Waals surface area contributed by atoms with Crippen LogP contribution in [0.15, 0.2) is 24.3 Å². The van der Waals surface area contributed by atoms with E-state index in [1.54, 1.807) is 0 Å². The lowest BCUT2D eigenvalue weighted by Crippen LogP contribution is -2.20. The molecular formula is C10H16O. The average Bonchev–Trinajstić information content (AvgIpc) is 1.94. The highest BCUT2D eigenvalue weighted by atomic mass is 16.3. The molecule has 0 aromatic heterocycles. The molecule has 0 aromatic carbocycles. The monoisotopic (exact) mass is 152 g/mol. The van der Waals surface area contributed by atoms with Crippen LogP contribution in [0.1, 0.15) is 20.3 Å². The molecule has 0 aromatic rings. The number of aliphatic hydroxyl groups excluding tert-OH is 1. The summed E-state index contributed by atoms with van der Waals surface area (Å²) in [6.07, 6.45) is 4.62. The summed E-state index contributed by atoms with van der Waals surface area (Å²) >= 11 is 0. The predicted octanol–water partition coefficient (Wildman–Crippen LogP) is 2.14. The standard InChI is InChI=1S/C10H16O/c1-7(2)9-5-4-8(3)10(11)6-9/h4-5,7,9-11H,3,6H2,1-2H3/t9-,10-/m0/s1. The fourth-order valence-electron chi connectivity index (χ4n) is 1.34. The summed E-state index contributed by atoms with van der Waals surface area (Å²) in [4.78, 5) is 0. The van der Waals surface area contributed by atoms with Gasteiger partial charge in [-0.1, -0.05) is 32.6 Å². The molecule has 0 radical (unpaired) electrons. The van der Waals surface area contributed by atoms with Crippen molar-refractivity contribution in [1.29, 1.82) is 0 Å². The molecule has 11 heavy (non-hydrogen) atoms. The molecule has 0 spiro atoms. The maximum atomic E-state index is 9.45. The van der Waals surface area contributed by atoms with E-state index in [0.717, 1.165) is 12.0 Å². The lowest BCUT2D eigenvalue weighted by atomic mass is 9.84. The smallest absolute Gasteiger partial charge is 0.0790 e. The van der Waals surface area contributed by atoms with Crippen LogP contribution in [0.3, 0.4) is 0 Å². The van der Waals surface area contributed by atoms with Crippen LogP contribution in [-0.4, -0.2) is 11.2 Å². The molecule has 1 aliphatic carbocycles. The van der Waals surface area contributed by atoms with Crippen molar-refractivity contribution in [3.8, 4) is 0 Å². The number of hydrogen-bond donors (Lipinski definition) is 1. The molecule has 1 rings (SSSR count). The summed E-state index contributed by atoms with van der Waals surface area (Å²) in [6, 6.07) is 0. The van der Waals surface area contributed by atoms with Crippen molar-refractivity contribution in [3.05, 3.63) is 24.3 Å². The SMILES string of the molecule is C=C1C=C[C@H](C(C)C)C[C@@H]1O. The van der Waals surface area contributed by atoms with E-state index in [9.17, 15) is 5.11 Å². The average molecular weight is 152 g/mol. The van der Waals surface area contributed by atoms with Crippen molar-refractivity contribution >= 4 is 0 Å². The van der Waals surface area contributed by atoms with Crippen molar-refractivity contribution in [3.63, 3.8) is 0 Å². The lowest BCUT2D eigenvalue weighted by molar-refractivity contribution is 0.172. The van der Waals surface area contributed by atoms with E-state index in [-0.39, 0.29) is 6.10 Å². The molecule has 0 aliphatic heterocycles. The van der Waals surface area contributed by atoms with Crippen LogP contribution >= 0.6 is 0 Å². The van der Waals surface area contributed by atoms with E-state index < -0.39 is 0 Å². The first-order chi connectivity index (χ1) is 5.11. The van der Waals surface area contributed by atoms with Gasteiger partial charge in [0.1, 0.15) is 0 Å². The molecule has 62 valence electrons. The summed E-state index contributed by atoms with van der Waals surface area (Å²) < 4.78 is 0. The zero-order valence-electron chi connectivity index (χ0n) is 7.25. The quantitative estimate of drug-likeness (QED) is 0.610. The van der Waals surface area contributed by atoms with Gasteiger partial charge in [0.2, 0.25) is 0 Å². The van der Waals surface area contributed by atoms with Gasteiger partial charge in [-0.2, -0.15) is 0 Å². The molecule has 0 amide bonds. The molecule has 0 fully saturated rings. The maximum absolute atomic E-state index is 9.45. The third kappa shape index (κ3) is 1.93. The van der Waals surface area contributed by atoms with Gasteiger partial charge in [-0.25, -0.2) is 0 Å². The highest BCUT2D eigenvalue weighted by Crippen LogP contribution is 2.26. The van der Waals surface area contributed by atoms with Gasteiger partial charge in [0.05, 0.1) is 6.10 Å². The Hall–Kier alpha value is -0.560. The molecule has 0 heterocycles. The summed E-state index contributed by atoms with van der Waals surface area (Å²) in [6.45, 7) is 8.10. The van der Waals surface area contributed by atoms with Gasteiger partial charge in [0.25, 0.3) is 0 Å². The molecule has 1 nitrogen and oxygen atoms in total. The minimum atomic E-state index is -0.313. The van der Waals surface area contributed by atoms with E-state index >= 15 is 0 Å². The molecule has 1 N–H and O–H groups in total. The first kappa shape index (κ1) is 8.54. The van der Waals surface area contributed by atoms with Gasteiger partial charge in [-0.05, 0) is 23.8 Å². The Labute approximate surface area is 68.4 Å². The van der Waals surface area contributed by atoms with Crippen molar-refractivity contribution in [2.75, 3.05) is 0 Å². The van der Waals surface area contributed by atoms with E-state index in [2.05, 4.69) is 26.5 Å². The van der Waals surface area contributed by atoms with Crippen LogP contribution in [-0.2, 0) is 0 Å². The fourth-order valence-corrected chi connectivity index (χ4v) is 1.34. The van der Waals surface area contributed by atoms with Gasteiger partial charge in [-0.3, -0.25) is 0 Å². The second-order valence-electron chi connectivity index (χ2n) is 3.59. The van der Waals surface area contributed by atoms with E-state index in [1.807, 2.05) is 6.08 Å². The van der Waals surface area contributed by atoms with E-state index in [0.29, 0.717) is 11.8 Å². The summed E-state index contributed by atoms with van der Waals surface area (Å²) in [5.41, 5.74) is 0.849. The summed E-state index contributed by atoms with van der Waals surface area (Å²) in [5, 5.41) is 9.45. The first-order valence-electron chi connectivity index (χ1n) is 4.16. The lowest BCUT2D eigenvalue weighted by Gasteiger charge is -2.25. The summed E-state index contributed by atoms with van der Waals surface area (Å²) in [5.74, 6) is 1.14. The topological polar surface area (TPSA) is 20.2 Å². The molecule has 0 saturated carbocycles. The molecule has 0 saturated heterocycles.